The van der Waals surface area contributed by atoms with Crippen LogP contribution in [0.25, 0.3) is 5.65 Å². The topological polar surface area (TPSA) is 64.3 Å². The fraction of sp³-hybridized carbons (Fsp3) is 0.500. The Balaban J connectivity index is 2.71. The first-order valence-corrected chi connectivity index (χ1v) is 5.14. The Bertz CT molecular complexity index is 505. The number of hydrogen-bond donors (Lipinski definition) is 1. The van der Waals surface area contributed by atoms with Crippen molar-refractivity contribution in [3.8, 4) is 6.01 Å². The van der Waals surface area contributed by atoms with Crippen molar-refractivity contribution in [2.45, 2.75) is 19.8 Å². The number of nitrogens with one attached hydrogen (secondary N) is 1. The third-order valence-corrected chi connectivity index (χ3v) is 2.40. The van der Waals surface area contributed by atoms with Gasteiger partial charge in [0.25, 0.3) is 0 Å². The average molecular weight is 221 g/mol. The number of anilines is 1. The van der Waals surface area contributed by atoms with Crippen LogP contribution in [0.15, 0.2) is 6.20 Å². The summed E-state index contributed by atoms with van der Waals surface area (Å²) in [5.74, 6) is 0.982. The molecule has 2 rings (SSSR count). The Hall–Kier alpha value is -1.85. The summed E-state index contributed by atoms with van der Waals surface area (Å²) in [6.45, 7) is 4.20. The maximum atomic E-state index is 5.07. The van der Waals surface area contributed by atoms with Crippen LogP contribution in [-0.2, 0) is 0 Å². The Morgan fingerprint density at radius 1 is 1.38 bits per heavy atom. The second kappa shape index (κ2) is 3.96. The molecule has 0 saturated heterocycles. The minimum atomic E-state index is 0.347. The number of rotatable bonds is 3. The molecule has 2 heterocycles. The molecular formula is C10H15N5O. The first-order chi connectivity index (χ1) is 7.67. The highest BCUT2D eigenvalue weighted by molar-refractivity contribution is 5.52. The molecule has 0 unspecified atom stereocenters. The van der Waals surface area contributed by atoms with Crippen LogP contribution >= 0.6 is 0 Å². The van der Waals surface area contributed by atoms with E-state index in [1.54, 1.807) is 18.7 Å². The van der Waals surface area contributed by atoms with E-state index in [1.807, 2.05) is 6.20 Å². The Labute approximate surface area is 93.7 Å². The summed E-state index contributed by atoms with van der Waals surface area (Å²) in [7, 11) is 3.34. The summed E-state index contributed by atoms with van der Waals surface area (Å²) < 4.78 is 6.74. The minimum absolute atomic E-state index is 0.347. The minimum Gasteiger partial charge on any atom is -0.467 e. The number of hydrogen-bond acceptors (Lipinski definition) is 5. The zero-order valence-electron chi connectivity index (χ0n) is 9.85. The van der Waals surface area contributed by atoms with E-state index < -0.39 is 0 Å². The highest BCUT2D eigenvalue weighted by Crippen LogP contribution is 2.22. The Kier molecular flexibility index (Phi) is 2.64. The molecule has 0 fully saturated rings. The second-order valence-electron chi connectivity index (χ2n) is 3.77. The van der Waals surface area contributed by atoms with Crippen LogP contribution in [0.2, 0.25) is 0 Å². The number of nitrogens with zero attached hydrogens (tertiary/aromatic N) is 4. The SMILES string of the molecule is CNc1nc(OC)nc2c(C(C)C)cnn12. The van der Waals surface area contributed by atoms with Crippen molar-refractivity contribution in [3.63, 3.8) is 0 Å². The summed E-state index contributed by atoms with van der Waals surface area (Å²) in [5.41, 5.74) is 1.86. The molecule has 0 aliphatic heterocycles. The van der Waals surface area contributed by atoms with Crippen molar-refractivity contribution in [1.82, 2.24) is 19.6 Å². The molecule has 1 N–H and O–H groups in total. The van der Waals surface area contributed by atoms with Crippen LogP contribution in [0, 0.1) is 0 Å². The van der Waals surface area contributed by atoms with E-state index in [4.69, 9.17) is 4.74 Å². The lowest BCUT2D eigenvalue weighted by molar-refractivity contribution is 0.380. The lowest BCUT2D eigenvalue weighted by Gasteiger charge is -2.06. The van der Waals surface area contributed by atoms with Crippen LogP contribution in [0.5, 0.6) is 6.01 Å². The summed E-state index contributed by atoms with van der Waals surface area (Å²) in [5, 5.41) is 7.23. The molecule has 0 bridgehead atoms. The molecule has 0 aliphatic rings. The molecule has 6 nitrogen and oxygen atoms in total. The fourth-order valence-corrected chi connectivity index (χ4v) is 1.54. The maximum absolute atomic E-state index is 5.07. The second-order valence-corrected chi connectivity index (χ2v) is 3.77. The van der Waals surface area contributed by atoms with Gasteiger partial charge in [0, 0.05) is 12.6 Å². The van der Waals surface area contributed by atoms with E-state index in [9.17, 15) is 0 Å². The summed E-state index contributed by atoms with van der Waals surface area (Å²) >= 11 is 0. The fourth-order valence-electron chi connectivity index (χ4n) is 1.54. The zero-order valence-corrected chi connectivity index (χ0v) is 9.85. The molecule has 2 aromatic rings. The highest BCUT2D eigenvalue weighted by atomic mass is 16.5. The molecule has 2 aromatic heterocycles. The van der Waals surface area contributed by atoms with Gasteiger partial charge >= 0.3 is 6.01 Å². The van der Waals surface area contributed by atoms with Gasteiger partial charge in [0.1, 0.15) is 0 Å². The van der Waals surface area contributed by atoms with Gasteiger partial charge in [0.2, 0.25) is 5.95 Å². The molecule has 0 spiro atoms. The molecule has 86 valence electrons. The largest absolute Gasteiger partial charge is 0.467 e. The smallest absolute Gasteiger partial charge is 0.321 e. The van der Waals surface area contributed by atoms with Crippen molar-refractivity contribution in [2.24, 2.45) is 0 Å². The summed E-state index contributed by atoms with van der Waals surface area (Å²) in [6.07, 6.45) is 1.81. The van der Waals surface area contributed by atoms with Crippen molar-refractivity contribution < 1.29 is 4.74 Å². The van der Waals surface area contributed by atoms with E-state index in [0.29, 0.717) is 17.9 Å². The van der Waals surface area contributed by atoms with Gasteiger partial charge in [-0.1, -0.05) is 13.8 Å². The van der Waals surface area contributed by atoms with E-state index >= 15 is 0 Å². The van der Waals surface area contributed by atoms with Gasteiger partial charge in [-0.15, -0.1) is 0 Å². The highest BCUT2D eigenvalue weighted by Gasteiger charge is 2.14. The van der Waals surface area contributed by atoms with Crippen LogP contribution in [0.4, 0.5) is 5.95 Å². The van der Waals surface area contributed by atoms with E-state index in [2.05, 4.69) is 34.2 Å². The molecule has 0 amide bonds. The molecule has 0 saturated carbocycles. The van der Waals surface area contributed by atoms with Crippen molar-refractivity contribution in [3.05, 3.63) is 11.8 Å². The summed E-state index contributed by atoms with van der Waals surface area (Å²) in [6, 6.07) is 0.347. The molecule has 0 aliphatic carbocycles. The zero-order chi connectivity index (χ0) is 11.7. The molecule has 0 radical (unpaired) electrons. The van der Waals surface area contributed by atoms with Gasteiger partial charge in [-0.3, -0.25) is 0 Å². The molecular weight excluding hydrogens is 206 g/mol. The van der Waals surface area contributed by atoms with E-state index in [-0.39, 0.29) is 0 Å². The Morgan fingerprint density at radius 3 is 2.69 bits per heavy atom. The molecule has 0 aromatic carbocycles. The number of fused-ring (bicyclic) bond motifs is 1. The number of aromatic nitrogens is 4. The van der Waals surface area contributed by atoms with Crippen LogP contribution in [0.3, 0.4) is 0 Å². The third-order valence-electron chi connectivity index (χ3n) is 2.40. The lowest BCUT2D eigenvalue weighted by atomic mass is 10.1. The quantitative estimate of drug-likeness (QED) is 0.846. The normalized spacial score (nSPS) is 11.1. The monoisotopic (exact) mass is 221 g/mol. The van der Waals surface area contributed by atoms with Crippen LogP contribution in [0.1, 0.15) is 25.3 Å². The predicted molar refractivity (Wildman–Crippen MR) is 61.0 cm³/mol. The van der Waals surface area contributed by atoms with E-state index in [0.717, 1.165) is 11.2 Å². The Morgan fingerprint density at radius 2 is 2.12 bits per heavy atom. The first-order valence-electron chi connectivity index (χ1n) is 5.14. The molecule has 6 heteroatoms. The standard InChI is InChI=1S/C10H15N5O/c1-6(2)7-5-12-15-8(7)13-10(16-4)14-9(15)11-3/h5-6H,1-4H3,(H,11,13,14). The lowest BCUT2D eigenvalue weighted by Crippen LogP contribution is -2.06. The maximum Gasteiger partial charge on any atom is 0.321 e. The van der Waals surface area contributed by atoms with Gasteiger partial charge in [-0.25, -0.2) is 0 Å². The van der Waals surface area contributed by atoms with Gasteiger partial charge < -0.3 is 10.1 Å². The first kappa shape index (κ1) is 10.7. The van der Waals surface area contributed by atoms with Gasteiger partial charge in [0.05, 0.1) is 13.3 Å². The van der Waals surface area contributed by atoms with E-state index in [1.165, 1.54) is 0 Å². The summed E-state index contributed by atoms with van der Waals surface area (Å²) in [4.78, 5) is 8.48. The van der Waals surface area contributed by atoms with Gasteiger partial charge in [-0.05, 0) is 5.92 Å². The van der Waals surface area contributed by atoms with Crippen LogP contribution in [-0.4, -0.2) is 33.7 Å². The van der Waals surface area contributed by atoms with Crippen molar-refractivity contribution >= 4 is 11.6 Å². The third kappa shape index (κ3) is 1.56. The number of ether oxygens (including phenoxy) is 1. The predicted octanol–water partition coefficient (Wildman–Crippen LogP) is 1.30. The van der Waals surface area contributed by atoms with Crippen molar-refractivity contribution in [1.29, 1.82) is 0 Å². The van der Waals surface area contributed by atoms with Crippen LogP contribution < -0.4 is 10.1 Å². The van der Waals surface area contributed by atoms with Gasteiger partial charge in [-0.2, -0.15) is 19.6 Å². The van der Waals surface area contributed by atoms with Gasteiger partial charge in [0.15, 0.2) is 5.65 Å². The number of methoxy groups -OCH3 is 1. The average Bonchev–Trinajstić information content (AvgIpc) is 2.71. The van der Waals surface area contributed by atoms with Crippen molar-refractivity contribution in [2.75, 3.05) is 19.5 Å². The molecule has 16 heavy (non-hydrogen) atoms. The molecule has 0 atom stereocenters.